The molecule has 1 aliphatic heterocycles. The molecule has 2 aromatic rings. The van der Waals surface area contributed by atoms with Crippen LogP contribution in [0.25, 0.3) is 0 Å². The molecular formula is C17H18Cl2N4O. The quantitative estimate of drug-likeness (QED) is 0.883. The number of carbonyl (C=O) groups excluding carboxylic acids is 1. The summed E-state index contributed by atoms with van der Waals surface area (Å²) in [4.78, 5) is 23.0. The Bertz CT molecular complexity index is 745. The van der Waals surface area contributed by atoms with Gasteiger partial charge in [-0.05, 0) is 30.9 Å². The van der Waals surface area contributed by atoms with E-state index in [-0.39, 0.29) is 5.91 Å². The lowest BCUT2D eigenvalue weighted by Crippen LogP contribution is -2.33. The molecule has 0 spiro atoms. The molecule has 1 fully saturated rings. The largest absolute Gasteiger partial charge is 0.356 e. The molecule has 0 saturated carbocycles. The number of anilines is 2. The second-order valence-electron chi connectivity index (χ2n) is 5.99. The molecular weight excluding hydrogens is 347 g/mol. The van der Waals surface area contributed by atoms with Gasteiger partial charge >= 0.3 is 0 Å². The third-order valence-electron chi connectivity index (χ3n) is 4.19. The molecule has 1 aromatic heterocycles. The maximum absolute atomic E-state index is 12.4. The van der Waals surface area contributed by atoms with E-state index in [4.69, 9.17) is 23.2 Å². The van der Waals surface area contributed by atoms with Crippen LogP contribution in [-0.2, 0) is 0 Å². The second-order valence-corrected chi connectivity index (χ2v) is 6.77. The van der Waals surface area contributed by atoms with E-state index in [0.717, 1.165) is 37.7 Å². The summed E-state index contributed by atoms with van der Waals surface area (Å²) in [5, 5.41) is 3.44. The molecule has 0 aliphatic carbocycles. The zero-order chi connectivity index (χ0) is 17.1. The fraction of sp³-hybridized carbons (Fsp3) is 0.353. The molecule has 5 nitrogen and oxygen atoms in total. The normalized spacial score (nSPS) is 15.4. The summed E-state index contributed by atoms with van der Waals surface area (Å²) in [7, 11) is 0. The topological polar surface area (TPSA) is 58.1 Å². The lowest BCUT2D eigenvalue weighted by molar-refractivity contribution is 0.102. The molecule has 1 N–H and O–H groups in total. The Labute approximate surface area is 151 Å². The number of amides is 1. The van der Waals surface area contributed by atoms with Gasteiger partial charge in [-0.1, -0.05) is 36.2 Å². The summed E-state index contributed by atoms with van der Waals surface area (Å²) in [6.45, 7) is 4.14. The SMILES string of the molecule is CC1CCN(c2cc(C(=O)Nc3cccc(Cl)c3Cl)ncn2)CC1. The maximum atomic E-state index is 12.4. The van der Waals surface area contributed by atoms with E-state index < -0.39 is 0 Å². The number of hydrogen-bond donors (Lipinski definition) is 1. The van der Waals surface area contributed by atoms with E-state index in [1.807, 2.05) is 0 Å². The average Bonchev–Trinajstić information content (AvgIpc) is 2.60. The van der Waals surface area contributed by atoms with E-state index in [9.17, 15) is 4.79 Å². The number of nitrogens with zero attached hydrogens (tertiary/aromatic N) is 3. The lowest BCUT2D eigenvalue weighted by atomic mass is 9.99. The van der Waals surface area contributed by atoms with Crippen LogP contribution < -0.4 is 10.2 Å². The number of aromatic nitrogens is 2. The first-order valence-corrected chi connectivity index (χ1v) is 8.62. The molecule has 2 heterocycles. The van der Waals surface area contributed by atoms with Gasteiger partial charge in [0.25, 0.3) is 5.91 Å². The van der Waals surface area contributed by atoms with Crippen molar-refractivity contribution in [2.24, 2.45) is 5.92 Å². The van der Waals surface area contributed by atoms with Gasteiger partial charge in [-0.15, -0.1) is 0 Å². The van der Waals surface area contributed by atoms with Crippen molar-refractivity contribution in [3.05, 3.63) is 46.3 Å². The van der Waals surface area contributed by atoms with E-state index >= 15 is 0 Å². The summed E-state index contributed by atoms with van der Waals surface area (Å²) < 4.78 is 0. The molecule has 1 saturated heterocycles. The molecule has 1 aromatic carbocycles. The molecule has 126 valence electrons. The van der Waals surface area contributed by atoms with Gasteiger partial charge in [0.05, 0.1) is 15.7 Å². The molecule has 0 unspecified atom stereocenters. The van der Waals surface area contributed by atoms with Crippen molar-refractivity contribution < 1.29 is 4.79 Å². The Balaban J connectivity index is 1.76. The highest BCUT2D eigenvalue weighted by molar-refractivity contribution is 6.44. The van der Waals surface area contributed by atoms with Gasteiger partial charge in [0.15, 0.2) is 0 Å². The fourth-order valence-electron chi connectivity index (χ4n) is 2.67. The molecule has 24 heavy (non-hydrogen) atoms. The van der Waals surface area contributed by atoms with Crippen molar-refractivity contribution in [2.45, 2.75) is 19.8 Å². The first-order valence-electron chi connectivity index (χ1n) is 7.87. The Kier molecular flexibility index (Phi) is 5.21. The number of nitrogens with one attached hydrogen (secondary N) is 1. The van der Waals surface area contributed by atoms with Gasteiger partial charge in [0.1, 0.15) is 17.8 Å². The monoisotopic (exact) mass is 364 g/mol. The van der Waals surface area contributed by atoms with E-state index in [2.05, 4.69) is 27.1 Å². The lowest BCUT2D eigenvalue weighted by Gasteiger charge is -2.31. The number of piperidine rings is 1. The number of benzene rings is 1. The maximum Gasteiger partial charge on any atom is 0.274 e. The number of carbonyl (C=O) groups is 1. The highest BCUT2D eigenvalue weighted by atomic mass is 35.5. The van der Waals surface area contributed by atoms with Gasteiger partial charge in [0, 0.05) is 19.2 Å². The number of halogens is 2. The van der Waals surface area contributed by atoms with Gasteiger partial charge in [-0.3, -0.25) is 4.79 Å². The Morgan fingerprint density at radius 2 is 2.00 bits per heavy atom. The Morgan fingerprint density at radius 3 is 2.75 bits per heavy atom. The van der Waals surface area contributed by atoms with Gasteiger partial charge in [0.2, 0.25) is 0 Å². The third kappa shape index (κ3) is 3.79. The summed E-state index contributed by atoms with van der Waals surface area (Å²) in [6, 6.07) is 6.80. The summed E-state index contributed by atoms with van der Waals surface area (Å²) in [5.41, 5.74) is 0.760. The minimum atomic E-state index is -0.340. The minimum absolute atomic E-state index is 0.301. The van der Waals surface area contributed by atoms with E-state index in [1.54, 1.807) is 24.3 Å². The highest BCUT2D eigenvalue weighted by Crippen LogP contribution is 2.30. The summed E-state index contributed by atoms with van der Waals surface area (Å²) in [5.74, 6) is 1.17. The standard InChI is InChI=1S/C17H18Cl2N4O/c1-11-5-7-23(8-6-11)15-9-14(20-10-21-15)17(24)22-13-4-2-3-12(18)16(13)19/h2-4,9-11H,5-8H2,1H3,(H,22,24). The van der Waals surface area contributed by atoms with Crippen molar-refractivity contribution in [2.75, 3.05) is 23.3 Å². The Morgan fingerprint density at radius 1 is 1.25 bits per heavy atom. The third-order valence-corrected chi connectivity index (χ3v) is 5.01. The van der Waals surface area contributed by atoms with Crippen LogP contribution in [0.1, 0.15) is 30.3 Å². The van der Waals surface area contributed by atoms with Crippen LogP contribution in [0, 0.1) is 5.92 Å². The van der Waals surface area contributed by atoms with Crippen molar-refractivity contribution in [1.29, 1.82) is 0 Å². The molecule has 0 bridgehead atoms. The zero-order valence-electron chi connectivity index (χ0n) is 13.3. The molecule has 3 rings (SSSR count). The average molecular weight is 365 g/mol. The van der Waals surface area contributed by atoms with Crippen LogP contribution in [-0.4, -0.2) is 29.0 Å². The van der Waals surface area contributed by atoms with E-state index in [1.165, 1.54) is 6.33 Å². The molecule has 0 atom stereocenters. The van der Waals surface area contributed by atoms with Crippen LogP contribution in [0.5, 0.6) is 0 Å². The molecule has 1 amide bonds. The highest BCUT2D eigenvalue weighted by Gasteiger charge is 2.19. The van der Waals surface area contributed by atoms with Gasteiger partial charge in [-0.25, -0.2) is 9.97 Å². The van der Waals surface area contributed by atoms with Gasteiger partial charge < -0.3 is 10.2 Å². The second kappa shape index (κ2) is 7.36. The molecule has 1 aliphatic rings. The van der Waals surface area contributed by atoms with Crippen molar-refractivity contribution in [3.8, 4) is 0 Å². The van der Waals surface area contributed by atoms with Crippen molar-refractivity contribution in [1.82, 2.24) is 9.97 Å². The van der Waals surface area contributed by atoms with Crippen LogP contribution >= 0.6 is 23.2 Å². The van der Waals surface area contributed by atoms with Crippen molar-refractivity contribution >= 4 is 40.6 Å². The van der Waals surface area contributed by atoms with Crippen LogP contribution in [0.3, 0.4) is 0 Å². The zero-order valence-corrected chi connectivity index (χ0v) is 14.8. The number of hydrogen-bond acceptors (Lipinski definition) is 4. The molecule has 7 heteroatoms. The predicted molar refractivity (Wildman–Crippen MR) is 97.1 cm³/mol. The smallest absolute Gasteiger partial charge is 0.274 e. The summed E-state index contributed by atoms with van der Waals surface area (Å²) >= 11 is 12.1. The first kappa shape index (κ1) is 17.0. The molecule has 0 radical (unpaired) electrons. The minimum Gasteiger partial charge on any atom is -0.356 e. The first-order chi connectivity index (χ1) is 11.5. The Hall–Kier alpha value is -1.85. The van der Waals surface area contributed by atoms with Crippen molar-refractivity contribution in [3.63, 3.8) is 0 Å². The van der Waals surface area contributed by atoms with Crippen LogP contribution in [0.15, 0.2) is 30.6 Å². The fourth-order valence-corrected chi connectivity index (χ4v) is 3.02. The summed E-state index contributed by atoms with van der Waals surface area (Å²) in [6.07, 6.45) is 3.68. The van der Waals surface area contributed by atoms with Gasteiger partial charge in [-0.2, -0.15) is 0 Å². The van der Waals surface area contributed by atoms with Crippen LogP contribution in [0.4, 0.5) is 11.5 Å². The number of rotatable bonds is 3. The van der Waals surface area contributed by atoms with Crippen LogP contribution in [0.2, 0.25) is 10.0 Å². The van der Waals surface area contributed by atoms with E-state index in [0.29, 0.717) is 21.4 Å². The predicted octanol–water partition coefficient (Wildman–Crippen LogP) is 4.27.